The average molecular weight is 873 g/mol. The molecule has 0 bridgehead atoms. The van der Waals surface area contributed by atoms with E-state index in [1.165, 1.54) is 51.4 Å². The Morgan fingerprint density at radius 1 is 0.333 bits per heavy atom. The van der Waals surface area contributed by atoms with Crippen LogP contribution in [0.15, 0.2) is 109 Å². The molecule has 6 heteroatoms. The maximum absolute atomic E-state index is 12.8. The van der Waals surface area contributed by atoms with E-state index in [9.17, 15) is 14.4 Å². The maximum atomic E-state index is 12.8. The van der Waals surface area contributed by atoms with Crippen molar-refractivity contribution in [2.24, 2.45) is 0 Å². The van der Waals surface area contributed by atoms with E-state index in [0.29, 0.717) is 19.3 Å². The number of carbonyl (C=O) groups is 3. The topological polar surface area (TPSA) is 78.9 Å². The molecule has 1 atom stereocenters. The van der Waals surface area contributed by atoms with Crippen LogP contribution in [0.2, 0.25) is 0 Å². The van der Waals surface area contributed by atoms with Crippen molar-refractivity contribution in [2.75, 3.05) is 13.2 Å². The molecular weight excluding hydrogens is 781 g/mol. The molecule has 0 spiro atoms. The first-order chi connectivity index (χ1) is 31.0. The first-order valence-electron chi connectivity index (χ1n) is 25.4. The van der Waals surface area contributed by atoms with E-state index in [4.69, 9.17) is 14.2 Å². The van der Waals surface area contributed by atoms with Crippen molar-refractivity contribution < 1.29 is 28.6 Å². The van der Waals surface area contributed by atoms with Crippen molar-refractivity contribution >= 4 is 17.9 Å². The van der Waals surface area contributed by atoms with Crippen molar-refractivity contribution in [3.05, 3.63) is 109 Å². The van der Waals surface area contributed by atoms with Crippen LogP contribution in [0.5, 0.6) is 0 Å². The number of esters is 3. The summed E-state index contributed by atoms with van der Waals surface area (Å²) in [5, 5.41) is 0. The summed E-state index contributed by atoms with van der Waals surface area (Å²) in [5.74, 6) is -1.04. The summed E-state index contributed by atoms with van der Waals surface area (Å²) in [7, 11) is 0. The normalized spacial score (nSPS) is 13.0. The zero-order chi connectivity index (χ0) is 45.8. The van der Waals surface area contributed by atoms with Gasteiger partial charge in [0.25, 0.3) is 0 Å². The van der Waals surface area contributed by atoms with Gasteiger partial charge in [-0.15, -0.1) is 0 Å². The van der Waals surface area contributed by atoms with E-state index in [1.54, 1.807) is 0 Å². The van der Waals surface area contributed by atoms with Crippen LogP contribution in [0.1, 0.15) is 213 Å². The van der Waals surface area contributed by atoms with Crippen molar-refractivity contribution in [3.63, 3.8) is 0 Å². The highest BCUT2D eigenvalue weighted by Crippen LogP contribution is 2.12. The van der Waals surface area contributed by atoms with Crippen LogP contribution in [-0.4, -0.2) is 37.2 Å². The number of allylic oxidation sites excluding steroid dienone is 18. The fourth-order valence-corrected chi connectivity index (χ4v) is 6.50. The van der Waals surface area contributed by atoms with Crippen LogP contribution < -0.4 is 0 Å². The summed E-state index contributed by atoms with van der Waals surface area (Å²) in [4.78, 5) is 37.9. The standard InChI is InChI=1S/C57H92O6/c1-4-7-10-13-16-19-22-25-27-28-30-32-35-38-41-44-47-50-56(59)62-53-54(52-61-55(58)49-46-43-40-37-34-31-24-21-18-15-12-9-6-3)63-57(60)51-48-45-42-39-36-33-29-26-23-20-17-14-11-8-5-2/h7,9-10,12,16,18-19,21,25-27,29-32,34,40,43,54H,4-6,8,11,13-15,17,20,22-24,28,33,35-39,41-42,44-53H2,1-3H3/b10-7-,12-9-,19-16-,21-18-,27-25-,29-26-,32-30-,34-31-,43-40-. The van der Waals surface area contributed by atoms with E-state index < -0.39 is 6.10 Å². The van der Waals surface area contributed by atoms with Gasteiger partial charge in [-0.2, -0.15) is 0 Å². The molecule has 63 heavy (non-hydrogen) atoms. The molecular formula is C57H92O6. The third-order valence-corrected chi connectivity index (χ3v) is 10.3. The largest absolute Gasteiger partial charge is 0.462 e. The minimum absolute atomic E-state index is 0.118. The van der Waals surface area contributed by atoms with E-state index >= 15 is 0 Å². The number of ether oxygens (including phenoxy) is 3. The number of hydrogen-bond donors (Lipinski definition) is 0. The Hall–Kier alpha value is -3.93. The fourth-order valence-electron chi connectivity index (χ4n) is 6.50. The summed E-state index contributed by atoms with van der Waals surface area (Å²) in [6, 6.07) is 0. The lowest BCUT2D eigenvalue weighted by Gasteiger charge is -2.18. The summed E-state index contributed by atoms with van der Waals surface area (Å²) >= 11 is 0. The lowest BCUT2D eigenvalue weighted by atomic mass is 10.1. The Kier molecular flexibility index (Phi) is 47.5. The molecule has 0 amide bonds. The zero-order valence-corrected chi connectivity index (χ0v) is 40.5. The maximum Gasteiger partial charge on any atom is 0.306 e. The highest BCUT2D eigenvalue weighted by atomic mass is 16.6. The second kappa shape index (κ2) is 50.7. The van der Waals surface area contributed by atoms with Gasteiger partial charge in [0.1, 0.15) is 13.2 Å². The lowest BCUT2D eigenvalue weighted by molar-refractivity contribution is -0.166. The SMILES string of the molecule is CC/C=C\C/C=C\C/C=C\C/C=C\CCCCCCC(=O)OCC(COC(=O)CC/C=C\C/C=C\C/C=C\C/C=C\CC)OC(=O)CCCCCCC/C=C\CCCCCCCC. The van der Waals surface area contributed by atoms with Gasteiger partial charge in [0.05, 0.1) is 0 Å². The first kappa shape index (κ1) is 59.1. The van der Waals surface area contributed by atoms with Crippen LogP contribution in [0, 0.1) is 0 Å². The highest BCUT2D eigenvalue weighted by molar-refractivity contribution is 5.71. The Bertz CT molecular complexity index is 1330. The predicted octanol–water partition coefficient (Wildman–Crippen LogP) is 16.8. The molecule has 0 aliphatic rings. The van der Waals surface area contributed by atoms with Crippen LogP contribution >= 0.6 is 0 Å². The molecule has 0 aromatic heterocycles. The Labute approximate surface area is 387 Å². The van der Waals surface area contributed by atoms with E-state index in [0.717, 1.165) is 116 Å². The zero-order valence-electron chi connectivity index (χ0n) is 40.5. The Morgan fingerprint density at radius 2 is 0.651 bits per heavy atom. The average Bonchev–Trinajstić information content (AvgIpc) is 3.28. The molecule has 0 saturated carbocycles. The van der Waals surface area contributed by atoms with Crippen LogP contribution in [0.4, 0.5) is 0 Å². The monoisotopic (exact) mass is 873 g/mol. The Balaban J connectivity index is 4.54. The van der Waals surface area contributed by atoms with E-state index in [2.05, 4.69) is 118 Å². The molecule has 0 heterocycles. The molecule has 0 aliphatic carbocycles. The van der Waals surface area contributed by atoms with E-state index in [1.807, 2.05) is 12.2 Å². The van der Waals surface area contributed by atoms with Gasteiger partial charge < -0.3 is 14.2 Å². The van der Waals surface area contributed by atoms with Gasteiger partial charge >= 0.3 is 17.9 Å². The molecule has 6 nitrogen and oxygen atoms in total. The molecule has 0 aromatic carbocycles. The van der Waals surface area contributed by atoms with Crippen molar-refractivity contribution in [2.45, 2.75) is 219 Å². The summed E-state index contributed by atoms with van der Waals surface area (Å²) in [5.41, 5.74) is 0. The second-order valence-corrected chi connectivity index (χ2v) is 16.3. The molecule has 0 saturated heterocycles. The van der Waals surface area contributed by atoms with E-state index in [-0.39, 0.29) is 37.5 Å². The quantitative estimate of drug-likeness (QED) is 0.0263. The minimum atomic E-state index is -0.822. The van der Waals surface area contributed by atoms with Crippen LogP contribution in [0.3, 0.4) is 0 Å². The van der Waals surface area contributed by atoms with Gasteiger partial charge in [-0.05, 0) is 109 Å². The first-order valence-corrected chi connectivity index (χ1v) is 25.4. The second-order valence-electron chi connectivity index (χ2n) is 16.3. The van der Waals surface area contributed by atoms with Crippen molar-refractivity contribution in [3.8, 4) is 0 Å². The summed E-state index contributed by atoms with van der Waals surface area (Å²) in [6.07, 6.45) is 68.0. The molecule has 0 N–H and O–H groups in total. The lowest BCUT2D eigenvalue weighted by Crippen LogP contribution is -2.30. The molecule has 0 radical (unpaired) electrons. The van der Waals surface area contributed by atoms with Crippen LogP contribution in [-0.2, 0) is 28.6 Å². The van der Waals surface area contributed by atoms with Gasteiger partial charge in [0.2, 0.25) is 0 Å². The van der Waals surface area contributed by atoms with Gasteiger partial charge in [-0.25, -0.2) is 0 Å². The highest BCUT2D eigenvalue weighted by Gasteiger charge is 2.19. The summed E-state index contributed by atoms with van der Waals surface area (Å²) in [6.45, 7) is 6.29. The van der Waals surface area contributed by atoms with Gasteiger partial charge in [0, 0.05) is 19.3 Å². The summed E-state index contributed by atoms with van der Waals surface area (Å²) < 4.78 is 16.7. The Morgan fingerprint density at radius 3 is 1.08 bits per heavy atom. The number of hydrogen-bond acceptors (Lipinski definition) is 6. The molecule has 0 rings (SSSR count). The molecule has 1 unspecified atom stereocenters. The van der Waals surface area contributed by atoms with Gasteiger partial charge in [-0.3, -0.25) is 14.4 Å². The number of carbonyl (C=O) groups excluding carboxylic acids is 3. The smallest absolute Gasteiger partial charge is 0.306 e. The molecule has 356 valence electrons. The van der Waals surface area contributed by atoms with Crippen LogP contribution in [0.25, 0.3) is 0 Å². The van der Waals surface area contributed by atoms with Gasteiger partial charge in [-0.1, -0.05) is 194 Å². The van der Waals surface area contributed by atoms with Gasteiger partial charge in [0.15, 0.2) is 6.10 Å². The van der Waals surface area contributed by atoms with Crippen molar-refractivity contribution in [1.82, 2.24) is 0 Å². The minimum Gasteiger partial charge on any atom is -0.462 e. The van der Waals surface area contributed by atoms with Crippen molar-refractivity contribution in [1.29, 1.82) is 0 Å². The predicted molar refractivity (Wildman–Crippen MR) is 270 cm³/mol. The third kappa shape index (κ3) is 49.0. The third-order valence-electron chi connectivity index (χ3n) is 10.3. The molecule has 0 aliphatic heterocycles. The number of unbranched alkanes of at least 4 members (excludes halogenated alkanes) is 15. The number of rotatable bonds is 44. The molecule has 0 aromatic rings. The molecule has 0 fully saturated rings. The fraction of sp³-hybridized carbons (Fsp3) is 0.632.